The van der Waals surface area contributed by atoms with Crippen LogP contribution in [0.3, 0.4) is 0 Å². The number of rotatable bonds is 5. The highest BCUT2D eigenvalue weighted by atomic mass is 16.5. The molecule has 72 valence electrons. The maximum Gasteiger partial charge on any atom is 0.237 e. The summed E-state index contributed by atoms with van der Waals surface area (Å²) in [5.74, 6) is -0.286. The summed E-state index contributed by atoms with van der Waals surface area (Å²) in [5, 5.41) is 11.3. The molecule has 0 saturated heterocycles. The second-order valence-corrected chi connectivity index (χ2v) is 2.63. The Kier molecular flexibility index (Phi) is 5.61. The predicted octanol–water partition coefficient (Wildman–Crippen LogP) is -1.54. The van der Waals surface area contributed by atoms with Crippen LogP contribution in [-0.2, 0) is 9.53 Å². The molecule has 0 aliphatic heterocycles. The second-order valence-electron chi connectivity index (χ2n) is 2.63. The van der Waals surface area contributed by atoms with Gasteiger partial charge in [0.15, 0.2) is 0 Å². The third-order valence-corrected chi connectivity index (χ3v) is 1.35. The van der Waals surface area contributed by atoms with E-state index in [2.05, 4.69) is 5.32 Å². The second kappa shape index (κ2) is 5.93. The molecule has 0 bridgehead atoms. The molecule has 0 aromatic heterocycles. The molecule has 5 nitrogen and oxygen atoms in total. The minimum absolute atomic E-state index is 0.147. The summed E-state index contributed by atoms with van der Waals surface area (Å²) in [7, 11) is 1.50. The van der Waals surface area contributed by atoms with Gasteiger partial charge in [-0.2, -0.15) is 0 Å². The zero-order valence-electron chi connectivity index (χ0n) is 7.41. The molecule has 1 unspecified atom stereocenters. The van der Waals surface area contributed by atoms with Gasteiger partial charge < -0.3 is 20.9 Å². The number of amides is 1. The summed E-state index contributed by atoms with van der Waals surface area (Å²) >= 11 is 0. The van der Waals surface area contributed by atoms with Crippen molar-refractivity contribution in [1.29, 1.82) is 0 Å². The van der Waals surface area contributed by atoms with E-state index in [4.69, 9.17) is 15.6 Å². The highest BCUT2D eigenvalue weighted by Crippen LogP contribution is 1.85. The SMILES string of the molecule is COCC(CO)NC(=O)[C@@H](C)N. The highest BCUT2D eigenvalue weighted by Gasteiger charge is 2.13. The van der Waals surface area contributed by atoms with Crippen molar-refractivity contribution in [2.75, 3.05) is 20.3 Å². The molecule has 0 spiro atoms. The molecule has 0 aromatic rings. The van der Waals surface area contributed by atoms with Crippen LogP contribution in [0.15, 0.2) is 0 Å². The van der Waals surface area contributed by atoms with E-state index in [9.17, 15) is 4.79 Å². The van der Waals surface area contributed by atoms with Crippen molar-refractivity contribution < 1.29 is 14.6 Å². The first kappa shape index (κ1) is 11.4. The first-order valence-corrected chi connectivity index (χ1v) is 3.77. The zero-order chi connectivity index (χ0) is 9.56. The van der Waals surface area contributed by atoms with Crippen molar-refractivity contribution in [3.63, 3.8) is 0 Å². The van der Waals surface area contributed by atoms with E-state index in [0.717, 1.165) is 0 Å². The number of aliphatic hydroxyl groups excluding tert-OH is 1. The van der Waals surface area contributed by atoms with Crippen LogP contribution in [0.1, 0.15) is 6.92 Å². The van der Waals surface area contributed by atoms with Gasteiger partial charge in [-0.05, 0) is 6.92 Å². The molecule has 0 heterocycles. The first-order valence-electron chi connectivity index (χ1n) is 3.77. The molecule has 12 heavy (non-hydrogen) atoms. The summed E-state index contributed by atoms with van der Waals surface area (Å²) in [6, 6.07) is -0.926. The Morgan fingerprint density at radius 2 is 2.33 bits per heavy atom. The van der Waals surface area contributed by atoms with Crippen molar-refractivity contribution in [1.82, 2.24) is 5.32 Å². The van der Waals surface area contributed by atoms with Crippen molar-refractivity contribution >= 4 is 5.91 Å². The van der Waals surface area contributed by atoms with Gasteiger partial charge in [-0.25, -0.2) is 0 Å². The Hall–Kier alpha value is -0.650. The van der Waals surface area contributed by atoms with Crippen LogP contribution >= 0.6 is 0 Å². The summed E-state index contributed by atoms with van der Waals surface area (Å²) in [6.45, 7) is 1.72. The van der Waals surface area contributed by atoms with Crippen LogP contribution in [0.5, 0.6) is 0 Å². The van der Waals surface area contributed by atoms with Crippen LogP contribution in [0.2, 0.25) is 0 Å². The average molecular weight is 176 g/mol. The Labute approximate surface area is 71.9 Å². The van der Waals surface area contributed by atoms with Crippen LogP contribution < -0.4 is 11.1 Å². The molecule has 0 aliphatic rings. The largest absolute Gasteiger partial charge is 0.394 e. The number of methoxy groups -OCH3 is 1. The van der Waals surface area contributed by atoms with E-state index >= 15 is 0 Å². The van der Waals surface area contributed by atoms with E-state index in [1.165, 1.54) is 7.11 Å². The van der Waals surface area contributed by atoms with Crippen molar-refractivity contribution in [2.24, 2.45) is 5.73 Å². The van der Waals surface area contributed by atoms with Gasteiger partial charge in [-0.15, -0.1) is 0 Å². The molecule has 5 heteroatoms. The quantitative estimate of drug-likeness (QED) is 0.474. The van der Waals surface area contributed by atoms with Gasteiger partial charge >= 0.3 is 0 Å². The Morgan fingerprint density at radius 3 is 2.67 bits per heavy atom. The van der Waals surface area contributed by atoms with Gasteiger partial charge in [0.05, 0.1) is 25.3 Å². The molecule has 0 aromatic carbocycles. The number of nitrogens with two attached hydrogens (primary N) is 1. The minimum Gasteiger partial charge on any atom is -0.394 e. The lowest BCUT2D eigenvalue weighted by Gasteiger charge is -2.16. The Balaban J connectivity index is 3.77. The fraction of sp³-hybridized carbons (Fsp3) is 0.857. The van der Waals surface area contributed by atoms with Crippen molar-refractivity contribution in [3.8, 4) is 0 Å². The monoisotopic (exact) mass is 176 g/mol. The fourth-order valence-electron chi connectivity index (χ4n) is 0.674. The Bertz CT molecular complexity index is 139. The van der Waals surface area contributed by atoms with Gasteiger partial charge in [0.1, 0.15) is 0 Å². The molecular weight excluding hydrogens is 160 g/mol. The van der Waals surface area contributed by atoms with Crippen molar-refractivity contribution in [3.05, 3.63) is 0 Å². The standard InChI is InChI=1S/C7H16N2O3/c1-5(8)7(11)9-6(3-10)4-12-2/h5-6,10H,3-4,8H2,1-2H3,(H,9,11)/t5-,6?/m1/s1. The van der Waals surface area contributed by atoms with Gasteiger partial charge in [0.2, 0.25) is 5.91 Å². The zero-order valence-corrected chi connectivity index (χ0v) is 7.41. The molecule has 0 radical (unpaired) electrons. The van der Waals surface area contributed by atoms with Crippen LogP contribution in [0, 0.1) is 0 Å². The fourth-order valence-corrected chi connectivity index (χ4v) is 0.674. The molecule has 0 fully saturated rings. The summed E-state index contributed by atoms with van der Waals surface area (Å²) in [4.78, 5) is 11.0. The van der Waals surface area contributed by atoms with Crippen LogP contribution in [0.25, 0.3) is 0 Å². The van der Waals surface area contributed by atoms with Crippen LogP contribution in [-0.4, -0.2) is 43.4 Å². The highest BCUT2D eigenvalue weighted by molar-refractivity contribution is 5.81. The molecule has 0 rings (SSSR count). The number of hydrogen-bond acceptors (Lipinski definition) is 4. The lowest BCUT2D eigenvalue weighted by molar-refractivity contribution is -0.123. The first-order chi connectivity index (χ1) is 5.61. The predicted molar refractivity (Wildman–Crippen MR) is 44.5 cm³/mol. The van der Waals surface area contributed by atoms with E-state index in [-0.39, 0.29) is 25.2 Å². The molecule has 0 saturated carbocycles. The lowest BCUT2D eigenvalue weighted by Crippen LogP contribution is -2.47. The third kappa shape index (κ3) is 4.27. The molecule has 1 amide bonds. The maximum atomic E-state index is 11.0. The van der Waals surface area contributed by atoms with Gasteiger partial charge in [-0.3, -0.25) is 4.79 Å². The van der Waals surface area contributed by atoms with E-state index in [1.54, 1.807) is 6.92 Å². The minimum atomic E-state index is -0.559. The number of nitrogens with one attached hydrogen (secondary N) is 1. The topological polar surface area (TPSA) is 84.6 Å². The molecular formula is C7H16N2O3. The van der Waals surface area contributed by atoms with E-state index < -0.39 is 6.04 Å². The summed E-state index contributed by atoms with van der Waals surface area (Å²) in [5.41, 5.74) is 5.30. The lowest BCUT2D eigenvalue weighted by atomic mass is 10.3. The van der Waals surface area contributed by atoms with Crippen LogP contribution in [0.4, 0.5) is 0 Å². The van der Waals surface area contributed by atoms with Gasteiger partial charge in [0, 0.05) is 7.11 Å². The maximum absolute atomic E-state index is 11.0. The number of ether oxygens (including phenoxy) is 1. The number of hydrogen-bond donors (Lipinski definition) is 3. The van der Waals surface area contributed by atoms with E-state index in [1.807, 2.05) is 0 Å². The van der Waals surface area contributed by atoms with E-state index in [0.29, 0.717) is 0 Å². The molecule has 2 atom stereocenters. The smallest absolute Gasteiger partial charge is 0.237 e. The van der Waals surface area contributed by atoms with Gasteiger partial charge in [0.25, 0.3) is 0 Å². The Morgan fingerprint density at radius 1 is 1.75 bits per heavy atom. The van der Waals surface area contributed by atoms with Gasteiger partial charge in [-0.1, -0.05) is 0 Å². The molecule has 0 aliphatic carbocycles. The number of carbonyl (C=O) groups is 1. The average Bonchev–Trinajstić information content (AvgIpc) is 2.03. The number of aliphatic hydroxyl groups is 1. The van der Waals surface area contributed by atoms with Crippen molar-refractivity contribution in [2.45, 2.75) is 19.0 Å². The third-order valence-electron chi connectivity index (χ3n) is 1.35. The normalized spacial score (nSPS) is 15.3. The number of carbonyl (C=O) groups excluding carboxylic acids is 1. The summed E-state index contributed by atoms with van der Waals surface area (Å²) in [6.07, 6.45) is 0. The molecule has 4 N–H and O–H groups in total. The summed E-state index contributed by atoms with van der Waals surface area (Å²) < 4.78 is 4.76.